The molecule has 0 aliphatic carbocycles. The van der Waals surface area contributed by atoms with Crippen LogP contribution >= 0.6 is 11.6 Å². The lowest BCUT2D eigenvalue weighted by Gasteiger charge is -2.23. The first-order valence-electron chi connectivity index (χ1n) is 11.4. The highest BCUT2D eigenvalue weighted by atomic mass is 35.5. The fourth-order valence-electron chi connectivity index (χ4n) is 4.89. The maximum atomic E-state index is 14.4. The van der Waals surface area contributed by atoms with Gasteiger partial charge in [0, 0.05) is 31.6 Å². The monoisotopic (exact) mass is 470 g/mol. The predicted molar refractivity (Wildman–Crippen MR) is 130 cm³/mol. The van der Waals surface area contributed by atoms with Crippen LogP contribution in [0.2, 0.25) is 5.02 Å². The third-order valence-electron chi connectivity index (χ3n) is 6.62. The molecule has 5 rings (SSSR count). The zero-order valence-electron chi connectivity index (χ0n) is 18.6. The van der Waals surface area contributed by atoms with Gasteiger partial charge in [-0.15, -0.1) is 0 Å². The van der Waals surface area contributed by atoms with Crippen LogP contribution in [0.5, 0.6) is 5.75 Å². The van der Waals surface area contributed by atoms with Crippen molar-refractivity contribution in [1.82, 2.24) is 20.2 Å². The molecule has 174 valence electrons. The average Bonchev–Trinajstić information content (AvgIpc) is 3.44. The molecular formula is C24H28ClFN6O. The van der Waals surface area contributed by atoms with Crippen LogP contribution < -0.4 is 20.7 Å². The Morgan fingerprint density at radius 1 is 1.24 bits per heavy atom. The van der Waals surface area contributed by atoms with E-state index < -0.39 is 5.82 Å². The predicted octanol–water partition coefficient (Wildman–Crippen LogP) is 4.27. The van der Waals surface area contributed by atoms with Crippen LogP contribution in [-0.4, -0.2) is 60.7 Å². The topological polar surface area (TPSA) is 74.3 Å². The first-order chi connectivity index (χ1) is 16.1. The van der Waals surface area contributed by atoms with E-state index >= 15 is 0 Å². The highest BCUT2D eigenvalue weighted by Gasteiger charge is 2.36. The second-order valence-corrected chi connectivity index (χ2v) is 8.98. The highest BCUT2D eigenvalue weighted by molar-refractivity contribution is 6.31. The number of nitrogens with one attached hydrogen (secondary N) is 3. The summed E-state index contributed by atoms with van der Waals surface area (Å²) in [5.74, 6) is 1.50. The average molecular weight is 471 g/mol. The molecule has 0 spiro atoms. The maximum absolute atomic E-state index is 14.4. The zero-order valence-corrected chi connectivity index (χ0v) is 19.3. The Morgan fingerprint density at radius 2 is 2.15 bits per heavy atom. The van der Waals surface area contributed by atoms with Gasteiger partial charge in [0.15, 0.2) is 5.82 Å². The molecule has 2 fully saturated rings. The molecule has 0 radical (unpaired) electrons. The number of hydrogen-bond acceptors (Lipinski definition) is 7. The van der Waals surface area contributed by atoms with Crippen LogP contribution in [0.4, 0.5) is 21.6 Å². The SMILES string of the molecule is CNc1cc2ncnc(Nc3cccc(Cl)c3F)c2cc1OCCCN1CC[C@H]2CNC[C@H]21. The third-order valence-corrected chi connectivity index (χ3v) is 6.91. The number of likely N-dealkylation sites (tertiary alicyclic amines) is 1. The number of rotatable bonds is 8. The molecule has 0 amide bonds. The standard InChI is InChI=1S/C24H28ClFN6O/c1-27-20-11-19-16(24(30-14-29-19)31-18-5-2-4-17(25)23(18)26)10-22(20)33-9-3-7-32-8-6-15-12-28-13-21(15)32/h2,4-5,10-11,14-15,21,27-28H,3,6-9,12-13H2,1H3,(H,29,30,31)/t15-,21+/m0/s1. The van der Waals surface area contributed by atoms with Crippen LogP contribution in [0.1, 0.15) is 12.8 Å². The summed E-state index contributed by atoms with van der Waals surface area (Å²) in [6.45, 7) is 5.08. The smallest absolute Gasteiger partial charge is 0.165 e. The van der Waals surface area contributed by atoms with Crippen molar-refractivity contribution in [2.45, 2.75) is 18.9 Å². The molecule has 2 aromatic carbocycles. The summed E-state index contributed by atoms with van der Waals surface area (Å²) >= 11 is 5.93. The van der Waals surface area contributed by atoms with E-state index in [1.807, 2.05) is 19.2 Å². The van der Waals surface area contributed by atoms with Crippen molar-refractivity contribution in [3.8, 4) is 5.75 Å². The second-order valence-electron chi connectivity index (χ2n) is 8.58. The molecule has 2 atom stereocenters. The Bertz CT molecular complexity index is 1150. The Hall–Kier alpha value is -2.68. The number of benzene rings is 2. The van der Waals surface area contributed by atoms with E-state index in [-0.39, 0.29) is 10.7 Å². The van der Waals surface area contributed by atoms with E-state index in [1.165, 1.54) is 25.4 Å². The first-order valence-corrected chi connectivity index (χ1v) is 11.8. The van der Waals surface area contributed by atoms with E-state index in [2.05, 4.69) is 30.8 Å². The fraction of sp³-hybridized carbons (Fsp3) is 0.417. The molecule has 2 saturated heterocycles. The van der Waals surface area contributed by atoms with Crippen LogP contribution in [0.25, 0.3) is 10.9 Å². The quantitative estimate of drug-likeness (QED) is 0.424. The summed E-state index contributed by atoms with van der Waals surface area (Å²) < 4.78 is 20.6. The molecule has 3 aromatic rings. The van der Waals surface area contributed by atoms with Crippen molar-refractivity contribution < 1.29 is 9.13 Å². The van der Waals surface area contributed by atoms with Crippen molar-refractivity contribution >= 4 is 39.7 Å². The van der Waals surface area contributed by atoms with E-state index in [1.54, 1.807) is 12.1 Å². The van der Waals surface area contributed by atoms with E-state index in [0.717, 1.165) is 54.3 Å². The third kappa shape index (κ3) is 4.55. The number of halogens is 2. The summed E-state index contributed by atoms with van der Waals surface area (Å²) in [4.78, 5) is 11.3. The van der Waals surface area contributed by atoms with Gasteiger partial charge in [0.05, 0.1) is 28.5 Å². The van der Waals surface area contributed by atoms with Gasteiger partial charge in [-0.1, -0.05) is 17.7 Å². The molecule has 1 aromatic heterocycles. The molecule has 7 nitrogen and oxygen atoms in total. The molecule has 0 unspecified atom stereocenters. The maximum Gasteiger partial charge on any atom is 0.165 e. The summed E-state index contributed by atoms with van der Waals surface area (Å²) in [5, 5.41) is 10.5. The zero-order chi connectivity index (χ0) is 22.8. The van der Waals surface area contributed by atoms with Crippen LogP contribution in [0.3, 0.4) is 0 Å². The summed E-state index contributed by atoms with van der Waals surface area (Å²) in [5.41, 5.74) is 1.83. The minimum Gasteiger partial charge on any atom is -0.491 e. The van der Waals surface area contributed by atoms with Crippen LogP contribution in [0, 0.1) is 11.7 Å². The van der Waals surface area contributed by atoms with Gasteiger partial charge in [-0.3, -0.25) is 4.90 Å². The van der Waals surface area contributed by atoms with Gasteiger partial charge in [-0.25, -0.2) is 14.4 Å². The van der Waals surface area contributed by atoms with Gasteiger partial charge in [-0.2, -0.15) is 0 Å². The molecule has 9 heteroatoms. The van der Waals surface area contributed by atoms with Crippen molar-refractivity contribution in [3.63, 3.8) is 0 Å². The molecule has 2 aliphatic rings. The fourth-order valence-corrected chi connectivity index (χ4v) is 5.07. The second kappa shape index (κ2) is 9.67. The van der Waals surface area contributed by atoms with Crippen molar-refractivity contribution in [3.05, 3.63) is 47.5 Å². The van der Waals surface area contributed by atoms with Gasteiger partial charge in [0.25, 0.3) is 0 Å². The molecule has 2 aliphatic heterocycles. The Morgan fingerprint density at radius 3 is 3.03 bits per heavy atom. The first kappa shape index (κ1) is 22.1. The van der Waals surface area contributed by atoms with Gasteiger partial charge in [-0.05, 0) is 56.1 Å². The Balaban J connectivity index is 1.31. The van der Waals surface area contributed by atoms with Gasteiger partial charge >= 0.3 is 0 Å². The van der Waals surface area contributed by atoms with Crippen molar-refractivity contribution in [2.24, 2.45) is 5.92 Å². The van der Waals surface area contributed by atoms with E-state index in [4.69, 9.17) is 16.3 Å². The lowest BCUT2D eigenvalue weighted by Crippen LogP contribution is -2.35. The molecule has 3 N–H and O–H groups in total. The van der Waals surface area contributed by atoms with Crippen LogP contribution in [0.15, 0.2) is 36.7 Å². The van der Waals surface area contributed by atoms with Gasteiger partial charge in [0.2, 0.25) is 0 Å². The van der Waals surface area contributed by atoms with E-state index in [0.29, 0.717) is 18.5 Å². The Labute approximate surface area is 197 Å². The minimum atomic E-state index is -0.518. The highest BCUT2D eigenvalue weighted by Crippen LogP contribution is 2.34. The van der Waals surface area contributed by atoms with Crippen LogP contribution in [-0.2, 0) is 0 Å². The van der Waals surface area contributed by atoms with Gasteiger partial charge in [0.1, 0.15) is 17.9 Å². The number of aromatic nitrogens is 2. The lowest BCUT2D eigenvalue weighted by atomic mass is 10.1. The number of hydrogen-bond donors (Lipinski definition) is 3. The summed E-state index contributed by atoms with van der Waals surface area (Å²) in [6, 6.07) is 9.32. The molecule has 0 saturated carbocycles. The van der Waals surface area contributed by atoms with E-state index in [9.17, 15) is 4.39 Å². The van der Waals surface area contributed by atoms with Crippen molar-refractivity contribution in [1.29, 1.82) is 0 Å². The number of nitrogens with zero attached hydrogens (tertiary/aromatic N) is 3. The minimum absolute atomic E-state index is 0.0533. The largest absolute Gasteiger partial charge is 0.491 e. The lowest BCUT2D eigenvalue weighted by molar-refractivity contribution is 0.221. The molecule has 3 heterocycles. The number of ether oxygens (including phenoxy) is 1. The Kier molecular flexibility index (Phi) is 6.48. The molecule has 33 heavy (non-hydrogen) atoms. The summed E-state index contributed by atoms with van der Waals surface area (Å²) in [7, 11) is 1.85. The van der Waals surface area contributed by atoms with Gasteiger partial charge < -0.3 is 20.7 Å². The number of anilines is 3. The number of fused-ring (bicyclic) bond motifs is 2. The summed E-state index contributed by atoms with van der Waals surface area (Å²) in [6.07, 6.45) is 3.69. The molecule has 0 bridgehead atoms. The normalized spacial score (nSPS) is 20.2. The van der Waals surface area contributed by atoms with Crippen molar-refractivity contribution in [2.75, 3.05) is 50.5 Å². The molecular weight excluding hydrogens is 443 g/mol.